The zero-order valence-electron chi connectivity index (χ0n) is 19.1. The second-order valence-corrected chi connectivity index (χ2v) is 9.37. The van der Waals surface area contributed by atoms with Crippen LogP contribution in [-0.4, -0.2) is 23.0 Å². The maximum absolute atomic E-state index is 13.6. The van der Waals surface area contributed by atoms with Crippen LogP contribution in [0.4, 0.5) is 0 Å². The van der Waals surface area contributed by atoms with Gasteiger partial charge in [-0.25, -0.2) is 4.79 Å². The lowest BCUT2D eigenvalue weighted by molar-refractivity contribution is -0.142. The molecule has 3 aromatic rings. The Bertz CT molecular complexity index is 1010. The van der Waals surface area contributed by atoms with Crippen LogP contribution in [0.2, 0.25) is 0 Å². The molecule has 0 aliphatic rings. The van der Waals surface area contributed by atoms with Gasteiger partial charge in [0.2, 0.25) is 5.91 Å². The first-order valence-electron chi connectivity index (χ1n) is 10.9. The third-order valence-corrected chi connectivity index (χ3v) is 6.02. The number of benzene rings is 3. The van der Waals surface area contributed by atoms with Crippen LogP contribution in [-0.2, 0) is 26.8 Å². The molecule has 2 N–H and O–H groups in total. The summed E-state index contributed by atoms with van der Waals surface area (Å²) < 4.78 is 0. The van der Waals surface area contributed by atoms with Crippen molar-refractivity contribution in [2.75, 3.05) is 0 Å². The Morgan fingerprint density at radius 1 is 0.750 bits per heavy atom. The van der Waals surface area contributed by atoms with Crippen molar-refractivity contribution < 1.29 is 14.7 Å². The van der Waals surface area contributed by atoms with Crippen molar-refractivity contribution in [3.63, 3.8) is 0 Å². The van der Waals surface area contributed by atoms with Gasteiger partial charge in [0.15, 0.2) is 0 Å². The van der Waals surface area contributed by atoms with Crippen molar-refractivity contribution in [2.45, 2.75) is 51.0 Å². The van der Waals surface area contributed by atoms with Gasteiger partial charge < -0.3 is 10.4 Å². The van der Waals surface area contributed by atoms with Crippen LogP contribution in [0, 0.1) is 0 Å². The van der Waals surface area contributed by atoms with Gasteiger partial charge in [0.25, 0.3) is 0 Å². The molecule has 32 heavy (non-hydrogen) atoms. The van der Waals surface area contributed by atoms with E-state index in [2.05, 4.69) is 26.1 Å². The maximum atomic E-state index is 13.6. The second-order valence-electron chi connectivity index (χ2n) is 9.37. The first-order chi connectivity index (χ1) is 15.1. The number of carbonyl (C=O) groups excluding carboxylic acids is 1. The van der Waals surface area contributed by atoms with Gasteiger partial charge in [0, 0.05) is 6.42 Å². The van der Waals surface area contributed by atoms with Crippen LogP contribution in [0.3, 0.4) is 0 Å². The number of hydrogen-bond donors (Lipinski definition) is 2. The number of carboxylic acid groups (broad SMARTS) is 1. The molecule has 166 valence electrons. The average molecular weight is 430 g/mol. The van der Waals surface area contributed by atoms with Gasteiger partial charge in [-0.1, -0.05) is 106 Å². The van der Waals surface area contributed by atoms with Gasteiger partial charge in [0.05, 0.1) is 5.41 Å². The zero-order valence-corrected chi connectivity index (χ0v) is 19.1. The predicted molar refractivity (Wildman–Crippen MR) is 128 cm³/mol. The molecule has 4 nitrogen and oxygen atoms in total. The Hall–Kier alpha value is -3.40. The third-order valence-electron chi connectivity index (χ3n) is 6.02. The smallest absolute Gasteiger partial charge is 0.326 e. The lowest BCUT2D eigenvalue weighted by Crippen LogP contribution is -2.50. The minimum Gasteiger partial charge on any atom is -0.480 e. The van der Waals surface area contributed by atoms with E-state index in [-0.39, 0.29) is 17.7 Å². The fourth-order valence-electron chi connectivity index (χ4n) is 3.85. The summed E-state index contributed by atoms with van der Waals surface area (Å²) in [7, 11) is 0. The molecule has 0 spiro atoms. The number of amides is 1. The molecule has 0 aliphatic carbocycles. The van der Waals surface area contributed by atoms with E-state index in [0.717, 1.165) is 16.7 Å². The van der Waals surface area contributed by atoms with E-state index >= 15 is 0 Å². The number of hydrogen-bond acceptors (Lipinski definition) is 2. The van der Waals surface area contributed by atoms with Gasteiger partial charge >= 0.3 is 5.97 Å². The number of nitrogens with one attached hydrogen (secondary N) is 1. The van der Waals surface area contributed by atoms with Crippen molar-refractivity contribution >= 4 is 11.9 Å². The Kier molecular flexibility index (Phi) is 6.83. The van der Waals surface area contributed by atoms with Crippen LogP contribution < -0.4 is 5.32 Å². The molecular weight excluding hydrogens is 398 g/mol. The fraction of sp³-hybridized carbons (Fsp3) is 0.286. The minimum atomic E-state index is -1.05. The quantitative estimate of drug-likeness (QED) is 0.549. The second kappa shape index (κ2) is 9.39. The number of carbonyl (C=O) groups is 2. The van der Waals surface area contributed by atoms with Crippen molar-refractivity contribution in [1.82, 2.24) is 5.32 Å². The molecule has 0 aromatic heterocycles. The molecular formula is C28H31NO3. The number of carboxylic acids is 1. The monoisotopic (exact) mass is 429 g/mol. The molecule has 3 rings (SSSR count). The summed E-state index contributed by atoms with van der Waals surface area (Å²) in [6, 6.07) is 25.8. The minimum absolute atomic E-state index is 0.0200. The summed E-state index contributed by atoms with van der Waals surface area (Å²) >= 11 is 0. The summed E-state index contributed by atoms with van der Waals surface area (Å²) in [6.07, 6.45) is 0.213. The van der Waals surface area contributed by atoms with Gasteiger partial charge in [-0.15, -0.1) is 0 Å². The van der Waals surface area contributed by atoms with Gasteiger partial charge in [0.1, 0.15) is 6.04 Å². The molecule has 0 fully saturated rings. The van der Waals surface area contributed by atoms with Crippen LogP contribution in [0.5, 0.6) is 0 Å². The summed E-state index contributed by atoms with van der Waals surface area (Å²) in [4.78, 5) is 25.6. The van der Waals surface area contributed by atoms with E-state index in [0.29, 0.717) is 0 Å². The fourth-order valence-corrected chi connectivity index (χ4v) is 3.85. The zero-order chi connectivity index (χ0) is 23.4. The van der Waals surface area contributed by atoms with E-state index in [1.807, 2.05) is 91.9 Å². The highest BCUT2D eigenvalue weighted by Crippen LogP contribution is 2.32. The molecule has 1 amide bonds. The Balaban J connectivity index is 1.88. The summed E-state index contributed by atoms with van der Waals surface area (Å²) in [5.41, 5.74) is 2.66. The standard InChI is InChI=1S/C28H31NO3/c1-27(2,3)21-17-15-20(16-18-21)19-24(25(30)31)29-26(32)28(4,22-11-7-5-8-12-22)23-13-9-6-10-14-23/h5-18,24H,19H2,1-4H3,(H,29,32)(H,30,31)/t24-/m1/s1. The molecule has 0 radical (unpaired) electrons. The Morgan fingerprint density at radius 2 is 1.22 bits per heavy atom. The summed E-state index contributed by atoms with van der Waals surface area (Å²) in [6.45, 7) is 8.24. The van der Waals surface area contributed by atoms with Gasteiger partial charge in [-0.2, -0.15) is 0 Å². The largest absolute Gasteiger partial charge is 0.480 e. The molecule has 0 unspecified atom stereocenters. The SMILES string of the molecule is CC(C)(C)c1ccc(C[C@@H](NC(=O)C(C)(c2ccccc2)c2ccccc2)C(=O)O)cc1. The van der Waals surface area contributed by atoms with E-state index in [9.17, 15) is 14.7 Å². The van der Waals surface area contributed by atoms with E-state index in [1.165, 1.54) is 5.56 Å². The van der Waals surface area contributed by atoms with Gasteiger partial charge in [-0.05, 0) is 34.6 Å². The summed E-state index contributed by atoms with van der Waals surface area (Å²) in [5, 5.41) is 12.7. The van der Waals surface area contributed by atoms with Crippen molar-refractivity contribution in [3.8, 4) is 0 Å². The number of aliphatic carboxylic acids is 1. The van der Waals surface area contributed by atoms with E-state index in [1.54, 1.807) is 0 Å². The summed E-state index contributed by atoms with van der Waals surface area (Å²) in [5.74, 6) is -1.39. The predicted octanol–water partition coefficient (Wildman–Crippen LogP) is 5.10. The van der Waals surface area contributed by atoms with Gasteiger partial charge in [-0.3, -0.25) is 4.79 Å². The first kappa shape index (κ1) is 23.3. The van der Waals surface area contributed by atoms with Crippen LogP contribution in [0.15, 0.2) is 84.9 Å². The maximum Gasteiger partial charge on any atom is 0.326 e. The molecule has 0 saturated heterocycles. The molecule has 0 heterocycles. The average Bonchev–Trinajstić information content (AvgIpc) is 2.78. The topological polar surface area (TPSA) is 66.4 Å². The Labute approximate surface area is 190 Å². The van der Waals surface area contributed by atoms with E-state index < -0.39 is 17.4 Å². The molecule has 3 aromatic carbocycles. The van der Waals surface area contributed by atoms with E-state index in [4.69, 9.17) is 0 Å². The van der Waals surface area contributed by atoms with Crippen LogP contribution >= 0.6 is 0 Å². The molecule has 1 atom stereocenters. The Morgan fingerprint density at radius 3 is 1.62 bits per heavy atom. The van der Waals surface area contributed by atoms with Crippen LogP contribution in [0.25, 0.3) is 0 Å². The third kappa shape index (κ3) is 5.08. The molecule has 0 saturated carbocycles. The molecule has 0 bridgehead atoms. The normalized spacial score (nSPS) is 12.8. The first-order valence-corrected chi connectivity index (χ1v) is 10.9. The van der Waals surface area contributed by atoms with Crippen molar-refractivity contribution in [1.29, 1.82) is 0 Å². The highest BCUT2D eigenvalue weighted by Gasteiger charge is 2.39. The molecule has 4 heteroatoms. The lowest BCUT2D eigenvalue weighted by Gasteiger charge is -2.31. The molecule has 0 aliphatic heterocycles. The van der Waals surface area contributed by atoms with Crippen LogP contribution in [0.1, 0.15) is 49.9 Å². The highest BCUT2D eigenvalue weighted by atomic mass is 16.4. The lowest BCUT2D eigenvalue weighted by atomic mass is 9.75. The highest BCUT2D eigenvalue weighted by molar-refractivity contribution is 5.94. The number of rotatable bonds is 7. The van der Waals surface area contributed by atoms with Crippen molar-refractivity contribution in [2.24, 2.45) is 0 Å². The van der Waals surface area contributed by atoms with Crippen molar-refractivity contribution in [3.05, 3.63) is 107 Å².